The molecule has 0 spiro atoms. The quantitative estimate of drug-likeness (QED) is 0.659. The number of hydrogen-bond donors (Lipinski definition) is 3. The van der Waals surface area contributed by atoms with Gasteiger partial charge in [-0.15, -0.1) is 0 Å². The second-order valence-corrected chi connectivity index (χ2v) is 11.4. The van der Waals surface area contributed by atoms with Crippen LogP contribution in [0.3, 0.4) is 0 Å². The van der Waals surface area contributed by atoms with E-state index in [1.165, 1.54) is 25.7 Å². The standard InChI is InChI=1S/C24H40O4/c1-14(4-7-21(27)28)17-5-6-18-22-19(9-11-24(17,18)3)23(2)10-8-16(25)12-15(23)13-20(22)26/h14-20,22,25-26H,4-13H2,1-3H3,(H,27,28)/t14?,15-,16?,17?,18-,19+,20?,22-,23-,24+/m0/s1. The summed E-state index contributed by atoms with van der Waals surface area (Å²) < 4.78 is 0. The minimum Gasteiger partial charge on any atom is -0.481 e. The molecule has 10 atom stereocenters. The molecule has 3 N–H and O–H groups in total. The van der Waals surface area contributed by atoms with Crippen molar-refractivity contribution in [2.45, 2.75) is 97.2 Å². The smallest absolute Gasteiger partial charge is 0.303 e. The molecule has 4 saturated carbocycles. The van der Waals surface area contributed by atoms with Gasteiger partial charge in [-0.3, -0.25) is 4.79 Å². The Morgan fingerprint density at radius 2 is 1.68 bits per heavy atom. The third-order valence-electron chi connectivity index (χ3n) is 10.2. The summed E-state index contributed by atoms with van der Waals surface area (Å²) in [6.45, 7) is 7.16. The molecule has 0 saturated heterocycles. The molecule has 4 rings (SSSR count). The SMILES string of the molecule is CC(CCC(=O)O)C1CC[C@H]2[C@@H]3C(O)C[C@@H]4CC(O)CC[C@]4(C)[C@@H]3CC[C@]12C. The number of aliphatic carboxylic acids is 1. The number of carboxylic acid groups (broad SMARTS) is 1. The number of rotatable bonds is 4. The van der Waals surface area contributed by atoms with Crippen LogP contribution >= 0.6 is 0 Å². The van der Waals surface area contributed by atoms with Crippen LogP contribution in [0.2, 0.25) is 0 Å². The minimum absolute atomic E-state index is 0.179. The van der Waals surface area contributed by atoms with Crippen molar-refractivity contribution in [3.05, 3.63) is 0 Å². The Bertz CT molecular complexity index is 605. The number of aliphatic hydroxyl groups excluding tert-OH is 2. The Hall–Kier alpha value is -0.610. The van der Waals surface area contributed by atoms with Gasteiger partial charge in [0.25, 0.3) is 0 Å². The molecule has 160 valence electrons. The Morgan fingerprint density at radius 1 is 1.00 bits per heavy atom. The molecule has 0 aromatic heterocycles. The van der Waals surface area contributed by atoms with Gasteiger partial charge in [0, 0.05) is 6.42 Å². The Labute approximate surface area is 170 Å². The van der Waals surface area contributed by atoms with Gasteiger partial charge >= 0.3 is 5.97 Å². The van der Waals surface area contributed by atoms with E-state index in [1.807, 2.05) is 0 Å². The molecule has 0 aromatic carbocycles. The van der Waals surface area contributed by atoms with Gasteiger partial charge in [0.1, 0.15) is 0 Å². The molecule has 0 aromatic rings. The zero-order chi connectivity index (χ0) is 20.3. The molecule has 0 amide bonds. The summed E-state index contributed by atoms with van der Waals surface area (Å²) in [5, 5.41) is 30.5. The number of carboxylic acids is 1. The van der Waals surface area contributed by atoms with Gasteiger partial charge in [-0.25, -0.2) is 0 Å². The highest BCUT2D eigenvalue weighted by Crippen LogP contribution is 2.68. The monoisotopic (exact) mass is 392 g/mol. The maximum atomic E-state index is 11.2. The molecule has 0 bridgehead atoms. The Morgan fingerprint density at radius 3 is 2.39 bits per heavy atom. The summed E-state index contributed by atoms with van der Waals surface area (Å²) in [7, 11) is 0. The third-order valence-corrected chi connectivity index (χ3v) is 10.2. The van der Waals surface area contributed by atoms with Gasteiger partial charge in [0.15, 0.2) is 0 Å². The van der Waals surface area contributed by atoms with Crippen molar-refractivity contribution in [1.29, 1.82) is 0 Å². The first-order valence-corrected chi connectivity index (χ1v) is 11.7. The first-order valence-electron chi connectivity index (χ1n) is 11.7. The fourth-order valence-electron chi connectivity index (χ4n) is 8.73. The molecule has 0 heterocycles. The van der Waals surface area contributed by atoms with E-state index in [0.717, 1.165) is 32.1 Å². The van der Waals surface area contributed by atoms with Crippen molar-refractivity contribution in [3.63, 3.8) is 0 Å². The molecule has 4 aliphatic rings. The summed E-state index contributed by atoms with van der Waals surface area (Å²) in [6.07, 6.45) is 9.19. The van der Waals surface area contributed by atoms with Gasteiger partial charge in [-0.1, -0.05) is 20.8 Å². The van der Waals surface area contributed by atoms with Crippen LogP contribution in [0, 0.1) is 46.3 Å². The second-order valence-electron chi connectivity index (χ2n) is 11.4. The zero-order valence-corrected chi connectivity index (χ0v) is 17.9. The van der Waals surface area contributed by atoms with Crippen LogP contribution in [-0.4, -0.2) is 33.5 Å². The molecule has 4 nitrogen and oxygen atoms in total. The van der Waals surface area contributed by atoms with E-state index in [1.54, 1.807) is 0 Å². The lowest BCUT2D eigenvalue weighted by Gasteiger charge is -2.62. The summed E-state index contributed by atoms with van der Waals surface area (Å²) in [5.74, 6) is 2.36. The number of hydrogen-bond acceptors (Lipinski definition) is 3. The van der Waals surface area contributed by atoms with Crippen LogP contribution in [0.15, 0.2) is 0 Å². The minimum atomic E-state index is -0.684. The maximum absolute atomic E-state index is 11.2. The number of aliphatic hydroxyl groups is 2. The largest absolute Gasteiger partial charge is 0.481 e. The predicted molar refractivity (Wildman–Crippen MR) is 109 cm³/mol. The van der Waals surface area contributed by atoms with Crippen LogP contribution < -0.4 is 0 Å². The summed E-state index contributed by atoms with van der Waals surface area (Å²) in [4.78, 5) is 11.1. The average Bonchev–Trinajstić information content (AvgIpc) is 2.98. The lowest BCUT2D eigenvalue weighted by molar-refractivity contribution is -0.174. The Balaban J connectivity index is 1.55. The molecular weight excluding hydrogens is 352 g/mol. The van der Waals surface area contributed by atoms with Crippen LogP contribution in [0.25, 0.3) is 0 Å². The molecule has 4 fully saturated rings. The van der Waals surface area contributed by atoms with Crippen molar-refractivity contribution < 1.29 is 20.1 Å². The van der Waals surface area contributed by atoms with Gasteiger partial charge in [0.2, 0.25) is 0 Å². The van der Waals surface area contributed by atoms with E-state index < -0.39 is 5.97 Å². The third kappa shape index (κ3) is 3.14. The summed E-state index contributed by atoms with van der Waals surface area (Å²) in [5.41, 5.74) is 0.523. The zero-order valence-electron chi connectivity index (χ0n) is 17.9. The fraction of sp³-hybridized carbons (Fsp3) is 0.958. The topological polar surface area (TPSA) is 77.8 Å². The van der Waals surface area contributed by atoms with Gasteiger partial charge in [0.05, 0.1) is 12.2 Å². The lowest BCUT2D eigenvalue weighted by Crippen LogP contribution is -2.58. The predicted octanol–water partition coefficient (Wildman–Crippen LogP) is 4.48. The average molecular weight is 393 g/mol. The van der Waals surface area contributed by atoms with Crippen LogP contribution in [-0.2, 0) is 4.79 Å². The highest BCUT2D eigenvalue weighted by atomic mass is 16.4. The molecule has 28 heavy (non-hydrogen) atoms. The van der Waals surface area contributed by atoms with E-state index in [2.05, 4.69) is 20.8 Å². The van der Waals surface area contributed by atoms with Crippen molar-refractivity contribution in [3.8, 4) is 0 Å². The fourth-order valence-corrected chi connectivity index (χ4v) is 8.73. The van der Waals surface area contributed by atoms with Crippen molar-refractivity contribution in [2.24, 2.45) is 46.3 Å². The molecular formula is C24H40O4. The summed E-state index contributed by atoms with van der Waals surface area (Å²) in [6, 6.07) is 0. The lowest BCUT2D eigenvalue weighted by atomic mass is 9.43. The van der Waals surface area contributed by atoms with Gasteiger partial charge < -0.3 is 15.3 Å². The van der Waals surface area contributed by atoms with E-state index in [0.29, 0.717) is 35.5 Å². The maximum Gasteiger partial charge on any atom is 0.303 e. The normalized spacial score (nSPS) is 51.7. The molecule has 0 aliphatic heterocycles. The van der Waals surface area contributed by atoms with Crippen LogP contribution in [0.5, 0.6) is 0 Å². The Kier molecular flexibility index (Phi) is 5.36. The number of fused-ring (bicyclic) bond motifs is 5. The van der Waals surface area contributed by atoms with Gasteiger partial charge in [-0.05, 0) is 104 Å². The molecule has 4 heteroatoms. The highest BCUT2D eigenvalue weighted by molar-refractivity contribution is 5.66. The first-order chi connectivity index (χ1) is 13.2. The van der Waals surface area contributed by atoms with E-state index in [-0.39, 0.29) is 29.5 Å². The molecule has 4 unspecified atom stereocenters. The van der Waals surface area contributed by atoms with E-state index >= 15 is 0 Å². The van der Waals surface area contributed by atoms with Gasteiger partial charge in [-0.2, -0.15) is 0 Å². The van der Waals surface area contributed by atoms with E-state index in [9.17, 15) is 15.0 Å². The highest BCUT2D eigenvalue weighted by Gasteiger charge is 2.62. The van der Waals surface area contributed by atoms with Crippen molar-refractivity contribution in [2.75, 3.05) is 0 Å². The second kappa shape index (κ2) is 7.27. The van der Waals surface area contributed by atoms with Crippen LogP contribution in [0.4, 0.5) is 0 Å². The summed E-state index contributed by atoms with van der Waals surface area (Å²) >= 11 is 0. The van der Waals surface area contributed by atoms with Crippen LogP contribution in [0.1, 0.15) is 85.0 Å². The van der Waals surface area contributed by atoms with E-state index in [4.69, 9.17) is 5.11 Å². The molecule has 4 aliphatic carbocycles. The van der Waals surface area contributed by atoms with Crippen molar-refractivity contribution in [1.82, 2.24) is 0 Å². The van der Waals surface area contributed by atoms with Crippen molar-refractivity contribution >= 4 is 5.97 Å². The first kappa shape index (κ1) is 20.7. The molecule has 0 radical (unpaired) electrons. The number of carbonyl (C=O) groups is 1.